The molecule has 26 heavy (non-hydrogen) atoms. The lowest BCUT2D eigenvalue weighted by Crippen LogP contribution is -2.46. The summed E-state index contributed by atoms with van der Waals surface area (Å²) < 4.78 is 5.71. The van der Waals surface area contributed by atoms with E-state index in [2.05, 4.69) is 15.3 Å². The van der Waals surface area contributed by atoms with Gasteiger partial charge in [-0.15, -0.1) is 0 Å². The van der Waals surface area contributed by atoms with Crippen molar-refractivity contribution in [2.45, 2.75) is 33.0 Å². The van der Waals surface area contributed by atoms with Crippen molar-refractivity contribution < 1.29 is 9.66 Å². The van der Waals surface area contributed by atoms with Crippen molar-refractivity contribution in [2.75, 3.05) is 29.0 Å². The van der Waals surface area contributed by atoms with Crippen LogP contribution < -0.4 is 16.0 Å². The summed E-state index contributed by atoms with van der Waals surface area (Å²) in [5.41, 5.74) is 7.47. The van der Waals surface area contributed by atoms with E-state index in [0.29, 0.717) is 13.1 Å². The van der Waals surface area contributed by atoms with Gasteiger partial charge in [0, 0.05) is 18.8 Å². The zero-order valence-corrected chi connectivity index (χ0v) is 15.0. The van der Waals surface area contributed by atoms with E-state index in [1.165, 1.54) is 0 Å². The molecule has 9 nitrogen and oxygen atoms in total. The number of nitro groups is 1. The van der Waals surface area contributed by atoms with Gasteiger partial charge in [-0.2, -0.15) is 9.97 Å². The fourth-order valence-electron chi connectivity index (χ4n) is 3.11. The Balaban J connectivity index is 2.00. The second-order valence-electron chi connectivity index (χ2n) is 6.52. The van der Waals surface area contributed by atoms with Crippen LogP contribution in [0.4, 0.5) is 29.0 Å². The molecule has 0 radical (unpaired) electrons. The molecule has 1 saturated heterocycles. The Labute approximate surface area is 151 Å². The average molecular weight is 358 g/mol. The summed E-state index contributed by atoms with van der Waals surface area (Å²) >= 11 is 0. The molecule has 0 amide bonds. The molecule has 2 aromatic rings. The molecular formula is C17H22N6O3. The van der Waals surface area contributed by atoms with Gasteiger partial charge in [0.15, 0.2) is 0 Å². The predicted octanol–water partition coefficient (Wildman–Crippen LogP) is 2.63. The van der Waals surface area contributed by atoms with Crippen LogP contribution in [0.15, 0.2) is 24.3 Å². The fourth-order valence-corrected chi connectivity index (χ4v) is 3.11. The molecule has 2 heterocycles. The van der Waals surface area contributed by atoms with Gasteiger partial charge in [-0.1, -0.05) is 12.1 Å². The quantitative estimate of drug-likeness (QED) is 0.632. The van der Waals surface area contributed by atoms with Crippen LogP contribution in [-0.4, -0.2) is 40.2 Å². The molecule has 0 saturated carbocycles. The number of aromatic nitrogens is 2. The Hall–Kier alpha value is -2.94. The molecule has 0 spiro atoms. The molecule has 0 unspecified atom stereocenters. The maximum atomic E-state index is 11.5. The lowest BCUT2D eigenvalue weighted by Gasteiger charge is -2.35. The second kappa shape index (κ2) is 7.12. The summed E-state index contributed by atoms with van der Waals surface area (Å²) in [6.45, 7) is 6.80. The lowest BCUT2D eigenvalue weighted by molar-refractivity contribution is -0.383. The minimum absolute atomic E-state index is 0.0669. The fraction of sp³-hybridized carbons (Fsp3) is 0.412. The highest BCUT2D eigenvalue weighted by Gasteiger charge is 2.32. The number of nitrogens with zero attached hydrogens (tertiary/aromatic N) is 4. The predicted molar refractivity (Wildman–Crippen MR) is 99.8 cm³/mol. The number of morpholine rings is 1. The van der Waals surface area contributed by atoms with E-state index >= 15 is 0 Å². The highest BCUT2D eigenvalue weighted by Crippen LogP contribution is 2.34. The van der Waals surface area contributed by atoms with Crippen molar-refractivity contribution >= 4 is 29.0 Å². The maximum Gasteiger partial charge on any atom is 0.353 e. The molecule has 1 aromatic heterocycles. The van der Waals surface area contributed by atoms with E-state index in [0.717, 1.165) is 11.3 Å². The first-order chi connectivity index (χ1) is 12.3. The van der Waals surface area contributed by atoms with Crippen LogP contribution in [-0.2, 0) is 4.74 Å². The third kappa shape index (κ3) is 3.83. The zero-order chi connectivity index (χ0) is 18.8. The van der Waals surface area contributed by atoms with Crippen LogP contribution in [0.3, 0.4) is 0 Å². The molecule has 1 aromatic carbocycles. The Kier molecular flexibility index (Phi) is 4.90. The maximum absolute atomic E-state index is 11.5. The van der Waals surface area contributed by atoms with E-state index in [1.54, 1.807) is 0 Å². The Bertz CT molecular complexity index is 818. The number of hydrogen-bond acceptors (Lipinski definition) is 8. The van der Waals surface area contributed by atoms with Crippen molar-refractivity contribution in [1.82, 2.24) is 9.97 Å². The first-order valence-electron chi connectivity index (χ1n) is 8.39. The summed E-state index contributed by atoms with van der Waals surface area (Å²) in [7, 11) is 0. The van der Waals surface area contributed by atoms with Gasteiger partial charge in [-0.3, -0.25) is 10.1 Å². The molecular weight excluding hydrogens is 336 g/mol. The second-order valence-corrected chi connectivity index (χ2v) is 6.52. The molecule has 1 aliphatic rings. The molecule has 0 bridgehead atoms. The molecule has 3 N–H and O–H groups in total. The lowest BCUT2D eigenvalue weighted by atomic mass is 10.2. The van der Waals surface area contributed by atoms with Crippen molar-refractivity contribution in [3.05, 3.63) is 39.9 Å². The number of ether oxygens (including phenoxy) is 1. The molecule has 2 atom stereocenters. The number of nitrogens with two attached hydrogens (primary N) is 1. The third-order valence-corrected chi connectivity index (χ3v) is 4.07. The van der Waals surface area contributed by atoms with E-state index in [-0.39, 0.29) is 35.5 Å². The Morgan fingerprint density at radius 3 is 2.62 bits per heavy atom. The highest BCUT2D eigenvalue weighted by molar-refractivity contribution is 5.72. The van der Waals surface area contributed by atoms with E-state index in [9.17, 15) is 10.1 Å². The smallest absolute Gasteiger partial charge is 0.353 e. The number of aryl methyl sites for hydroxylation is 1. The van der Waals surface area contributed by atoms with Gasteiger partial charge in [-0.05, 0) is 38.5 Å². The normalized spacial score (nSPS) is 20.0. The molecule has 3 rings (SSSR count). The monoisotopic (exact) mass is 358 g/mol. The number of nitrogen functional groups attached to an aromatic ring is 1. The zero-order valence-electron chi connectivity index (χ0n) is 15.0. The largest absolute Gasteiger partial charge is 0.378 e. The van der Waals surface area contributed by atoms with Crippen LogP contribution in [0.25, 0.3) is 0 Å². The van der Waals surface area contributed by atoms with Gasteiger partial charge in [-0.25, -0.2) is 0 Å². The summed E-state index contributed by atoms with van der Waals surface area (Å²) in [5, 5.41) is 14.6. The Morgan fingerprint density at radius 1 is 1.31 bits per heavy atom. The minimum Gasteiger partial charge on any atom is -0.378 e. The van der Waals surface area contributed by atoms with Gasteiger partial charge in [0.1, 0.15) is 0 Å². The average Bonchev–Trinajstić information content (AvgIpc) is 2.53. The standard InChI is InChI=1S/C17H22N6O3/c1-10-5-4-6-13(7-10)19-17-20-15(18)14(23(24)25)16(21-17)22-8-11(2)26-12(3)9-22/h4-7,11-12H,8-9H2,1-3H3,(H3,18,19,20,21)/t11-,12-/m1/s1. The number of rotatable bonds is 4. The highest BCUT2D eigenvalue weighted by atomic mass is 16.6. The number of nitrogens with one attached hydrogen (secondary N) is 1. The van der Waals surface area contributed by atoms with Crippen molar-refractivity contribution in [2.24, 2.45) is 0 Å². The van der Waals surface area contributed by atoms with Gasteiger partial charge in [0.2, 0.25) is 17.6 Å². The van der Waals surface area contributed by atoms with Crippen molar-refractivity contribution in [3.8, 4) is 0 Å². The van der Waals surface area contributed by atoms with Gasteiger partial charge >= 0.3 is 5.69 Å². The molecule has 1 fully saturated rings. The van der Waals surface area contributed by atoms with E-state index in [1.807, 2.05) is 49.9 Å². The van der Waals surface area contributed by atoms with Crippen LogP contribution >= 0.6 is 0 Å². The van der Waals surface area contributed by atoms with Crippen LogP contribution in [0.1, 0.15) is 19.4 Å². The number of hydrogen-bond donors (Lipinski definition) is 2. The topological polar surface area (TPSA) is 119 Å². The van der Waals surface area contributed by atoms with Crippen LogP contribution in [0.2, 0.25) is 0 Å². The van der Waals surface area contributed by atoms with Crippen LogP contribution in [0.5, 0.6) is 0 Å². The third-order valence-electron chi connectivity index (χ3n) is 4.07. The van der Waals surface area contributed by atoms with Crippen molar-refractivity contribution in [1.29, 1.82) is 0 Å². The molecule has 138 valence electrons. The molecule has 0 aliphatic carbocycles. The summed E-state index contributed by atoms with van der Waals surface area (Å²) in [4.78, 5) is 21.3. The summed E-state index contributed by atoms with van der Waals surface area (Å²) in [6.07, 6.45) is -0.134. The van der Waals surface area contributed by atoms with Gasteiger partial charge < -0.3 is 20.7 Å². The van der Waals surface area contributed by atoms with Gasteiger partial charge in [0.05, 0.1) is 17.1 Å². The first-order valence-corrected chi connectivity index (χ1v) is 8.39. The number of anilines is 4. The van der Waals surface area contributed by atoms with E-state index < -0.39 is 4.92 Å². The summed E-state index contributed by atoms with van der Waals surface area (Å²) in [6, 6.07) is 7.67. The van der Waals surface area contributed by atoms with Crippen LogP contribution in [0, 0.1) is 17.0 Å². The minimum atomic E-state index is -0.536. The first kappa shape index (κ1) is 17.9. The summed E-state index contributed by atoms with van der Waals surface area (Å²) in [5.74, 6) is 0.266. The number of benzene rings is 1. The Morgan fingerprint density at radius 2 is 2.00 bits per heavy atom. The van der Waals surface area contributed by atoms with Crippen molar-refractivity contribution in [3.63, 3.8) is 0 Å². The van der Waals surface area contributed by atoms with Gasteiger partial charge in [0.25, 0.3) is 0 Å². The van der Waals surface area contributed by atoms with E-state index in [4.69, 9.17) is 10.5 Å². The SMILES string of the molecule is Cc1cccc(Nc2nc(N)c([N+](=O)[O-])c(N3C[C@@H](C)O[C@H](C)C3)n2)c1. The molecule has 9 heteroatoms. The molecule has 1 aliphatic heterocycles.